The molecule has 7 heteroatoms. The van der Waals surface area contributed by atoms with Crippen LogP contribution in [0.3, 0.4) is 0 Å². The van der Waals surface area contributed by atoms with Crippen LogP contribution in [0.5, 0.6) is 0 Å². The Balaban J connectivity index is 2.35. The molecule has 5 nitrogen and oxygen atoms in total. The predicted octanol–water partition coefficient (Wildman–Crippen LogP) is 1.47. The van der Waals surface area contributed by atoms with Crippen LogP contribution >= 0.6 is 11.6 Å². The highest BCUT2D eigenvalue weighted by atomic mass is 35.5. The van der Waals surface area contributed by atoms with Gasteiger partial charge in [-0.25, -0.2) is 0 Å². The molecule has 0 saturated heterocycles. The van der Waals surface area contributed by atoms with E-state index in [0.717, 1.165) is 0 Å². The second kappa shape index (κ2) is 5.04. The summed E-state index contributed by atoms with van der Waals surface area (Å²) < 4.78 is 5.63. The summed E-state index contributed by atoms with van der Waals surface area (Å²) in [5.74, 6) is 0. The van der Waals surface area contributed by atoms with E-state index in [1.165, 1.54) is 0 Å². The van der Waals surface area contributed by atoms with Crippen molar-refractivity contribution >= 4 is 35.1 Å². The first-order chi connectivity index (χ1) is 9.13. The van der Waals surface area contributed by atoms with Crippen LogP contribution in [0.4, 0.5) is 0 Å². The Hall–Kier alpha value is -1.08. The Morgan fingerprint density at radius 3 is 2.55 bits per heavy atom. The van der Waals surface area contributed by atoms with E-state index < -0.39 is 18.3 Å². The molecule has 0 spiro atoms. The number of halogens is 1. The quantitative estimate of drug-likeness (QED) is 0.747. The number of fused-ring (bicyclic) bond motifs is 1. The molecule has 2 rings (SSSR count). The second-order valence-corrected chi connectivity index (χ2v) is 6.24. The van der Waals surface area contributed by atoms with Crippen LogP contribution in [-0.2, 0) is 4.65 Å². The number of nitrogens with one attached hydrogen (secondary N) is 1. The number of H-pyrrole nitrogens is 1. The van der Waals surface area contributed by atoms with Gasteiger partial charge in [0.2, 0.25) is 0 Å². The predicted molar refractivity (Wildman–Crippen MR) is 80.2 cm³/mol. The van der Waals surface area contributed by atoms with E-state index in [1.54, 1.807) is 46.0 Å². The third-order valence-corrected chi connectivity index (χ3v) is 4.06. The van der Waals surface area contributed by atoms with Crippen molar-refractivity contribution < 1.29 is 14.8 Å². The molecule has 108 valence electrons. The minimum atomic E-state index is -1.19. The first-order valence-electron chi connectivity index (χ1n) is 6.33. The Morgan fingerprint density at radius 1 is 1.30 bits per heavy atom. The zero-order chi connectivity index (χ0) is 15.1. The van der Waals surface area contributed by atoms with Gasteiger partial charge in [-0.1, -0.05) is 17.7 Å². The molecule has 0 aliphatic heterocycles. The SMILES string of the molecule is CC(C)(O)C(C)(C)OB(O)c1ccc(Cl)c2[nH]ncc12. The number of rotatable bonds is 4. The zero-order valence-electron chi connectivity index (χ0n) is 11.9. The number of aromatic amines is 1. The Morgan fingerprint density at radius 2 is 1.95 bits per heavy atom. The average molecular weight is 297 g/mol. The Bertz CT molecular complexity index is 622. The summed E-state index contributed by atoms with van der Waals surface area (Å²) in [5.41, 5.74) is -0.832. The molecule has 0 radical (unpaired) electrons. The fourth-order valence-corrected chi connectivity index (χ4v) is 1.93. The van der Waals surface area contributed by atoms with Crippen LogP contribution in [0.1, 0.15) is 27.7 Å². The van der Waals surface area contributed by atoms with Crippen molar-refractivity contribution in [3.05, 3.63) is 23.4 Å². The standard InChI is InChI=1S/C13H18BClN2O3/c1-12(2,18)13(3,4)20-14(19)9-5-6-10(15)11-8(9)7-16-17-11/h5-7,18-19H,1-4H3,(H,16,17). The number of hydrogen-bond donors (Lipinski definition) is 3. The summed E-state index contributed by atoms with van der Waals surface area (Å²) in [6.07, 6.45) is 1.58. The summed E-state index contributed by atoms with van der Waals surface area (Å²) in [6.45, 7) is 6.71. The van der Waals surface area contributed by atoms with Gasteiger partial charge in [0.25, 0.3) is 0 Å². The van der Waals surface area contributed by atoms with Gasteiger partial charge in [-0.15, -0.1) is 0 Å². The number of nitrogens with zero attached hydrogens (tertiary/aromatic N) is 1. The van der Waals surface area contributed by atoms with Crippen LogP contribution in [0.15, 0.2) is 18.3 Å². The van der Waals surface area contributed by atoms with E-state index in [2.05, 4.69) is 10.2 Å². The fraction of sp³-hybridized carbons (Fsp3) is 0.462. The van der Waals surface area contributed by atoms with Crippen LogP contribution in [0.2, 0.25) is 5.02 Å². The van der Waals surface area contributed by atoms with E-state index in [9.17, 15) is 10.1 Å². The molecule has 0 unspecified atom stereocenters. The van der Waals surface area contributed by atoms with E-state index in [4.69, 9.17) is 16.3 Å². The number of hydrogen-bond acceptors (Lipinski definition) is 4. The van der Waals surface area contributed by atoms with Crippen LogP contribution in [-0.4, -0.2) is 38.6 Å². The molecule has 20 heavy (non-hydrogen) atoms. The molecule has 0 aliphatic rings. The molecule has 0 atom stereocenters. The zero-order valence-corrected chi connectivity index (χ0v) is 12.7. The first-order valence-corrected chi connectivity index (χ1v) is 6.71. The maximum atomic E-state index is 10.3. The molecular weight excluding hydrogens is 278 g/mol. The third-order valence-electron chi connectivity index (χ3n) is 3.74. The molecule has 0 amide bonds. The minimum absolute atomic E-state index is 0.523. The normalized spacial score (nSPS) is 12.9. The van der Waals surface area contributed by atoms with E-state index in [1.807, 2.05) is 0 Å². The maximum Gasteiger partial charge on any atom is 0.492 e. The molecule has 1 aromatic carbocycles. The van der Waals surface area contributed by atoms with E-state index >= 15 is 0 Å². The van der Waals surface area contributed by atoms with Gasteiger partial charge >= 0.3 is 7.12 Å². The highest BCUT2D eigenvalue weighted by Crippen LogP contribution is 2.26. The van der Waals surface area contributed by atoms with Gasteiger partial charge in [0, 0.05) is 5.39 Å². The minimum Gasteiger partial charge on any atom is -0.423 e. The van der Waals surface area contributed by atoms with E-state index in [-0.39, 0.29) is 0 Å². The molecule has 0 fully saturated rings. The highest BCUT2D eigenvalue weighted by molar-refractivity contribution is 6.63. The lowest BCUT2D eigenvalue weighted by molar-refractivity contribution is -0.0982. The van der Waals surface area contributed by atoms with Gasteiger partial charge in [-0.05, 0) is 39.2 Å². The Kier molecular flexibility index (Phi) is 3.86. The van der Waals surface area contributed by atoms with Gasteiger partial charge in [0.15, 0.2) is 0 Å². The van der Waals surface area contributed by atoms with Gasteiger partial charge in [-0.3, -0.25) is 5.10 Å². The second-order valence-electron chi connectivity index (χ2n) is 5.83. The van der Waals surface area contributed by atoms with Gasteiger partial charge in [-0.2, -0.15) is 5.10 Å². The fourth-order valence-electron chi connectivity index (χ4n) is 1.73. The van der Waals surface area contributed by atoms with Crippen molar-refractivity contribution in [2.75, 3.05) is 0 Å². The van der Waals surface area contributed by atoms with Crippen molar-refractivity contribution in [2.24, 2.45) is 0 Å². The van der Waals surface area contributed by atoms with Crippen molar-refractivity contribution in [1.29, 1.82) is 0 Å². The van der Waals surface area contributed by atoms with Crippen molar-refractivity contribution in [3.8, 4) is 0 Å². The molecule has 0 aliphatic carbocycles. The number of aromatic nitrogens is 2. The van der Waals surface area contributed by atoms with Gasteiger partial charge in [0.1, 0.15) is 0 Å². The lowest BCUT2D eigenvalue weighted by Gasteiger charge is -2.38. The van der Waals surface area contributed by atoms with Crippen LogP contribution in [0, 0.1) is 0 Å². The summed E-state index contributed by atoms with van der Waals surface area (Å²) >= 11 is 6.05. The molecule has 0 bridgehead atoms. The smallest absolute Gasteiger partial charge is 0.423 e. The monoisotopic (exact) mass is 296 g/mol. The van der Waals surface area contributed by atoms with Crippen molar-refractivity contribution in [3.63, 3.8) is 0 Å². The highest BCUT2D eigenvalue weighted by Gasteiger charge is 2.40. The molecule has 0 saturated carbocycles. The topological polar surface area (TPSA) is 78.4 Å². The van der Waals surface area contributed by atoms with Crippen LogP contribution in [0.25, 0.3) is 10.9 Å². The van der Waals surface area contributed by atoms with Crippen LogP contribution < -0.4 is 5.46 Å². The molecule has 2 aromatic rings. The molecular formula is C13H18BClN2O3. The lowest BCUT2D eigenvalue weighted by atomic mass is 9.75. The summed E-state index contributed by atoms with van der Waals surface area (Å²) in [4.78, 5) is 0. The molecule has 1 heterocycles. The number of benzene rings is 1. The van der Waals surface area contributed by atoms with Gasteiger partial charge < -0.3 is 14.8 Å². The summed E-state index contributed by atoms with van der Waals surface area (Å²) in [7, 11) is -1.19. The lowest BCUT2D eigenvalue weighted by Crippen LogP contribution is -2.53. The van der Waals surface area contributed by atoms with Gasteiger partial charge in [0.05, 0.1) is 27.9 Å². The summed E-state index contributed by atoms with van der Waals surface area (Å²) in [6, 6.07) is 3.35. The molecule has 3 N–H and O–H groups in total. The van der Waals surface area contributed by atoms with Crippen molar-refractivity contribution in [2.45, 2.75) is 38.9 Å². The van der Waals surface area contributed by atoms with Crippen molar-refractivity contribution in [1.82, 2.24) is 10.2 Å². The largest absolute Gasteiger partial charge is 0.492 e. The maximum absolute atomic E-state index is 10.3. The average Bonchev–Trinajstić information content (AvgIpc) is 2.76. The summed E-state index contributed by atoms with van der Waals surface area (Å²) in [5, 5.41) is 28.3. The Labute approximate surface area is 123 Å². The first kappa shape index (κ1) is 15.3. The number of aliphatic hydroxyl groups is 1. The third kappa shape index (κ3) is 2.69. The molecule has 1 aromatic heterocycles. The van der Waals surface area contributed by atoms with E-state index in [0.29, 0.717) is 21.4 Å².